The molecule has 2 amide bonds. The lowest BCUT2D eigenvalue weighted by Crippen LogP contribution is -2.27. The molecule has 1 radical (unpaired) electrons. The number of nitrogens with one attached hydrogen (secondary N) is 1. The van der Waals surface area contributed by atoms with Crippen LogP contribution in [0.3, 0.4) is 0 Å². The molecule has 0 rings (SSSR count). The third-order valence-electron chi connectivity index (χ3n) is 0.561. The summed E-state index contributed by atoms with van der Waals surface area (Å²) in [4.78, 5) is 20.3. The van der Waals surface area contributed by atoms with Crippen LogP contribution in [-0.4, -0.2) is 11.8 Å². The maximum absolute atomic E-state index is 10.2. The lowest BCUT2D eigenvalue weighted by molar-refractivity contribution is -0.127. The van der Waals surface area contributed by atoms with Crippen molar-refractivity contribution >= 4 is 11.8 Å². The molecule has 0 aromatic heterocycles. The molecule has 3 nitrogen and oxygen atoms in total. The summed E-state index contributed by atoms with van der Waals surface area (Å²) in [6.07, 6.45) is 1.29. The summed E-state index contributed by atoms with van der Waals surface area (Å²) in [5, 5.41) is 2.06. The summed E-state index contributed by atoms with van der Waals surface area (Å²) in [5.74, 6) is -0.675. The third-order valence-corrected chi connectivity index (χ3v) is 0.561. The molecule has 0 aromatic rings. The molecule has 0 saturated heterocycles. The Balaban J connectivity index is 3.40. The Labute approximate surface area is 48.1 Å². The van der Waals surface area contributed by atoms with Gasteiger partial charge in [0.25, 0.3) is 0 Å². The van der Waals surface area contributed by atoms with Crippen molar-refractivity contribution in [3.05, 3.63) is 6.42 Å². The molecule has 0 saturated carbocycles. The summed E-state index contributed by atoms with van der Waals surface area (Å²) in [6, 6.07) is 0. The zero-order chi connectivity index (χ0) is 6.57. The quantitative estimate of drug-likeness (QED) is 0.516. The first kappa shape index (κ1) is 7.14. The number of carbonyl (C=O) groups excluding carboxylic acids is 2. The first-order chi connectivity index (χ1) is 3.66. The molecule has 0 bridgehead atoms. The number of imide groups is 1. The van der Waals surface area contributed by atoms with Crippen molar-refractivity contribution in [2.45, 2.75) is 13.8 Å². The second-order valence-corrected chi connectivity index (χ2v) is 1.33. The molecule has 3 heteroatoms. The van der Waals surface area contributed by atoms with Crippen LogP contribution in [0.2, 0.25) is 0 Å². The Bertz CT molecular complexity index is 109. The van der Waals surface area contributed by atoms with Crippen molar-refractivity contribution in [1.29, 1.82) is 0 Å². The molecule has 0 heterocycles. The molecule has 0 fully saturated rings. The summed E-state index contributed by atoms with van der Waals surface area (Å²) in [6.45, 7) is 2.86. The van der Waals surface area contributed by atoms with Crippen LogP contribution in [0.4, 0.5) is 0 Å². The number of carbonyl (C=O) groups is 2. The SMILES string of the molecule is C[CH]C(=O)NC(C)=O. The fourth-order valence-electron chi connectivity index (χ4n) is 0.246. The van der Waals surface area contributed by atoms with Gasteiger partial charge in [-0.05, 0) is 0 Å². The van der Waals surface area contributed by atoms with Gasteiger partial charge >= 0.3 is 0 Å². The van der Waals surface area contributed by atoms with Crippen LogP contribution >= 0.6 is 0 Å². The van der Waals surface area contributed by atoms with Crippen molar-refractivity contribution in [3.8, 4) is 0 Å². The lowest BCUT2D eigenvalue weighted by Gasteiger charge is -1.92. The van der Waals surface area contributed by atoms with Crippen LogP contribution in [0.25, 0.3) is 0 Å². The van der Waals surface area contributed by atoms with E-state index in [0.29, 0.717) is 0 Å². The molecular formula is C5H8NO2. The van der Waals surface area contributed by atoms with Crippen LogP contribution < -0.4 is 5.32 Å². The van der Waals surface area contributed by atoms with E-state index in [0.717, 1.165) is 0 Å². The summed E-state index contributed by atoms with van der Waals surface area (Å²) >= 11 is 0. The minimum atomic E-state index is -0.350. The zero-order valence-corrected chi connectivity index (χ0v) is 4.89. The van der Waals surface area contributed by atoms with Gasteiger partial charge in [-0.1, -0.05) is 6.92 Å². The van der Waals surface area contributed by atoms with Crippen LogP contribution in [0.5, 0.6) is 0 Å². The van der Waals surface area contributed by atoms with Crippen molar-refractivity contribution < 1.29 is 9.59 Å². The molecule has 0 aromatic carbocycles. The van der Waals surface area contributed by atoms with Crippen LogP contribution in [0, 0.1) is 6.42 Å². The van der Waals surface area contributed by atoms with E-state index in [4.69, 9.17) is 0 Å². The monoisotopic (exact) mass is 114 g/mol. The number of rotatable bonds is 1. The highest BCUT2D eigenvalue weighted by molar-refractivity contribution is 5.98. The van der Waals surface area contributed by atoms with E-state index < -0.39 is 0 Å². The molecule has 0 spiro atoms. The molecule has 8 heavy (non-hydrogen) atoms. The van der Waals surface area contributed by atoms with E-state index in [1.807, 2.05) is 0 Å². The summed E-state index contributed by atoms with van der Waals surface area (Å²) in [7, 11) is 0. The standard InChI is InChI=1S/C5H8NO2/c1-3-5(8)6-4(2)7/h3H,1-2H3,(H,6,7,8). The Morgan fingerprint density at radius 1 is 1.50 bits per heavy atom. The Morgan fingerprint density at radius 2 is 2.00 bits per heavy atom. The van der Waals surface area contributed by atoms with E-state index in [1.165, 1.54) is 13.3 Å². The smallest absolute Gasteiger partial charge is 0.230 e. The Morgan fingerprint density at radius 3 is 2.12 bits per heavy atom. The highest BCUT2D eigenvalue weighted by Crippen LogP contribution is 1.70. The van der Waals surface area contributed by atoms with Crippen molar-refractivity contribution in [3.63, 3.8) is 0 Å². The molecule has 0 unspecified atom stereocenters. The summed E-state index contributed by atoms with van der Waals surface area (Å²) in [5.41, 5.74) is 0. The molecule has 0 atom stereocenters. The van der Waals surface area contributed by atoms with E-state index in [1.54, 1.807) is 6.92 Å². The Kier molecular flexibility index (Phi) is 2.84. The maximum atomic E-state index is 10.2. The van der Waals surface area contributed by atoms with E-state index in [9.17, 15) is 9.59 Å². The minimum Gasteiger partial charge on any atom is -0.296 e. The van der Waals surface area contributed by atoms with Gasteiger partial charge in [-0.25, -0.2) is 0 Å². The normalized spacial score (nSPS) is 8.25. The van der Waals surface area contributed by atoms with E-state index in [2.05, 4.69) is 5.32 Å². The van der Waals surface area contributed by atoms with Gasteiger partial charge in [0, 0.05) is 13.3 Å². The van der Waals surface area contributed by atoms with E-state index in [-0.39, 0.29) is 11.8 Å². The highest BCUT2D eigenvalue weighted by Gasteiger charge is 1.96. The minimum absolute atomic E-state index is 0.326. The molecule has 1 N–H and O–H groups in total. The lowest BCUT2D eigenvalue weighted by atomic mass is 10.4. The van der Waals surface area contributed by atoms with Crippen molar-refractivity contribution in [2.75, 3.05) is 0 Å². The summed E-state index contributed by atoms with van der Waals surface area (Å²) < 4.78 is 0. The average Bonchev–Trinajstić information content (AvgIpc) is 1.65. The van der Waals surface area contributed by atoms with E-state index >= 15 is 0 Å². The van der Waals surface area contributed by atoms with Gasteiger partial charge in [0.1, 0.15) is 0 Å². The molecule has 0 aliphatic carbocycles. The van der Waals surface area contributed by atoms with Crippen LogP contribution in [0.1, 0.15) is 13.8 Å². The maximum Gasteiger partial charge on any atom is 0.230 e. The molecule has 0 aliphatic rings. The Hall–Kier alpha value is -0.860. The van der Waals surface area contributed by atoms with Crippen LogP contribution in [0.15, 0.2) is 0 Å². The van der Waals surface area contributed by atoms with Gasteiger partial charge in [0.2, 0.25) is 11.8 Å². The van der Waals surface area contributed by atoms with Crippen LogP contribution in [-0.2, 0) is 9.59 Å². The number of hydrogen-bond acceptors (Lipinski definition) is 2. The van der Waals surface area contributed by atoms with Gasteiger partial charge in [-0.15, -0.1) is 0 Å². The fourth-order valence-corrected chi connectivity index (χ4v) is 0.246. The van der Waals surface area contributed by atoms with Gasteiger partial charge in [0.15, 0.2) is 0 Å². The first-order valence-corrected chi connectivity index (χ1v) is 2.27. The number of hydrogen-bond donors (Lipinski definition) is 1. The zero-order valence-electron chi connectivity index (χ0n) is 4.89. The van der Waals surface area contributed by atoms with Gasteiger partial charge < -0.3 is 0 Å². The average molecular weight is 114 g/mol. The van der Waals surface area contributed by atoms with Gasteiger partial charge in [-0.3, -0.25) is 14.9 Å². The topological polar surface area (TPSA) is 46.2 Å². The third kappa shape index (κ3) is 3.33. The highest BCUT2D eigenvalue weighted by atomic mass is 16.2. The second-order valence-electron chi connectivity index (χ2n) is 1.33. The van der Waals surface area contributed by atoms with Gasteiger partial charge in [0.05, 0.1) is 0 Å². The van der Waals surface area contributed by atoms with Gasteiger partial charge in [-0.2, -0.15) is 0 Å². The largest absolute Gasteiger partial charge is 0.296 e. The van der Waals surface area contributed by atoms with Crippen molar-refractivity contribution in [1.82, 2.24) is 5.32 Å². The molecule has 0 aliphatic heterocycles. The predicted molar refractivity (Wildman–Crippen MR) is 28.8 cm³/mol. The molecular weight excluding hydrogens is 106 g/mol. The molecule has 45 valence electrons. The van der Waals surface area contributed by atoms with Crippen molar-refractivity contribution in [2.24, 2.45) is 0 Å². The predicted octanol–water partition coefficient (Wildman–Crippen LogP) is -0.127. The fraction of sp³-hybridized carbons (Fsp3) is 0.400. The number of amides is 2. The first-order valence-electron chi connectivity index (χ1n) is 2.27. The second kappa shape index (κ2) is 3.18.